The fourth-order valence-electron chi connectivity index (χ4n) is 4.31. The minimum atomic E-state index is -4.41. The predicted molar refractivity (Wildman–Crippen MR) is 137 cm³/mol. The third-order valence-electron chi connectivity index (χ3n) is 6.08. The van der Waals surface area contributed by atoms with Crippen molar-refractivity contribution in [2.24, 2.45) is 4.99 Å². The summed E-state index contributed by atoms with van der Waals surface area (Å²) < 4.78 is 40.7. The Balaban J connectivity index is 1.99. The first-order valence-electron chi connectivity index (χ1n) is 12.0. The maximum atomic E-state index is 12.2. The molecule has 0 saturated heterocycles. The highest BCUT2D eigenvalue weighted by Crippen LogP contribution is 2.42. The Morgan fingerprint density at radius 3 is 2.44 bits per heavy atom. The van der Waals surface area contributed by atoms with Crippen LogP contribution < -0.4 is 5.36 Å². The van der Waals surface area contributed by atoms with Crippen LogP contribution in [0.1, 0.15) is 51.5 Å². The van der Waals surface area contributed by atoms with Gasteiger partial charge in [0.2, 0.25) is 0 Å². The van der Waals surface area contributed by atoms with Gasteiger partial charge in [0, 0.05) is 34.7 Å². The van der Waals surface area contributed by atoms with Crippen molar-refractivity contribution in [3.8, 4) is 22.5 Å². The van der Waals surface area contributed by atoms with E-state index in [0.29, 0.717) is 16.9 Å². The van der Waals surface area contributed by atoms with E-state index in [1.54, 1.807) is 18.2 Å². The van der Waals surface area contributed by atoms with Gasteiger partial charge in [-0.2, -0.15) is 8.42 Å². The summed E-state index contributed by atoms with van der Waals surface area (Å²) >= 11 is 0. The van der Waals surface area contributed by atoms with Crippen LogP contribution >= 0.6 is 0 Å². The van der Waals surface area contributed by atoms with Gasteiger partial charge in [-0.05, 0) is 49.1 Å². The lowest BCUT2D eigenvalue weighted by Gasteiger charge is -2.17. The fourth-order valence-corrected chi connectivity index (χ4v) is 5.01. The van der Waals surface area contributed by atoms with Gasteiger partial charge < -0.3 is 4.42 Å². The molecule has 1 aliphatic heterocycles. The lowest BCUT2D eigenvalue weighted by molar-refractivity contribution is 0.483. The topological polar surface area (TPSA) is 79.9 Å². The Hall–Kier alpha value is -2.96. The number of fused-ring (bicyclic) bond motifs is 2. The van der Waals surface area contributed by atoms with E-state index in [-0.39, 0.29) is 4.90 Å². The van der Waals surface area contributed by atoms with Gasteiger partial charge >= 0.3 is 0 Å². The van der Waals surface area contributed by atoms with Gasteiger partial charge in [0.15, 0.2) is 0 Å². The van der Waals surface area contributed by atoms with Crippen molar-refractivity contribution in [1.29, 1.82) is 0 Å². The number of hydrogen-bond acceptors (Lipinski definition) is 4. The minimum Gasteiger partial charge on any atom is -0.456 e. The quantitative estimate of drug-likeness (QED) is 0.162. The molecule has 178 valence electrons. The molecule has 5 nitrogen and oxygen atoms in total. The SMILES string of the molecule is CCCCCc1ccc2c(-c3ccccc3S(=O)(=O)O)c3ccc(=NCCCC)cc-3oc2c1. The molecule has 0 fully saturated rings. The Kier molecular flexibility index (Phi) is 7.49. The number of rotatable bonds is 9. The Bertz CT molecular complexity index is 1440. The van der Waals surface area contributed by atoms with Crippen molar-refractivity contribution >= 4 is 21.1 Å². The predicted octanol–water partition coefficient (Wildman–Crippen LogP) is 6.88. The summed E-state index contributed by atoms with van der Waals surface area (Å²) in [6.07, 6.45) is 6.48. The van der Waals surface area contributed by atoms with Crippen molar-refractivity contribution in [3.63, 3.8) is 0 Å². The molecular weight excluding hydrogens is 446 g/mol. The van der Waals surface area contributed by atoms with E-state index >= 15 is 0 Å². The van der Waals surface area contributed by atoms with Gasteiger partial charge in [0.25, 0.3) is 10.1 Å². The molecule has 1 aliphatic carbocycles. The van der Waals surface area contributed by atoms with E-state index in [4.69, 9.17) is 4.42 Å². The van der Waals surface area contributed by atoms with Gasteiger partial charge in [0.1, 0.15) is 16.2 Å². The molecule has 0 amide bonds. The van der Waals surface area contributed by atoms with Crippen LogP contribution in [0.4, 0.5) is 0 Å². The summed E-state index contributed by atoms with van der Waals surface area (Å²) in [5.41, 5.74) is 3.82. The third-order valence-corrected chi connectivity index (χ3v) is 6.99. The normalized spacial score (nSPS) is 12.6. The van der Waals surface area contributed by atoms with Crippen LogP contribution in [0.2, 0.25) is 0 Å². The van der Waals surface area contributed by atoms with Gasteiger partial charge in [-0.15, -0.1) is 0 Å². The zero-order valence-electron chi connectivity index (χ0n) is 19.8. The molecular formula is C28H31NO4S. The lowest BCUT2D eigenvalue weighted by atomic mass is 9.92. The van der Waals surface area contributed by atoms with E-state index in [2.05, 4.69) is 24.9 Å². The molecule has 34 heavy (non-hydrogen) atoms. The van der Waals surface area contributed by atoms with E-state index < -0.39 is 10.1 Å². The maximum absolute atomic E-state index is 12.2. The van der Waals surface area contributed by atoms with Gasteiger partial charge in [-0.1, -0.05) is 63.4 Å². The average molecular weight is 478 g/mol. The number of hydrogen-bond donors (Lipinski definition) is 1. The molecule has 0 radical (unpaired) electrons. The summed E-state index contributed by atoms with van der Waals surface area (Å²) in [4.78, 5) is 4.54. The van der Waals surface area contributed by atoms with Gasteiger partial charge in [0.05, 0.1) is 5.36 Å². The van der Waals surface area contributed by atoms with Crippen molar-refractivity contribution in [1.82, 2.24) is 0 Å². The van der Waals surface area contributed by atoms with Crippen LogP contribution in [0.3, 0.4) is 0 Å². The molecule has 0 aromatic heterocycles. The van der Waals surface area contributed by atoms with Gasteiger partial charge in [-0.25, -0.2) is 0 Å². The van der Waals surface area contributed by atoms with Crippen LogP contribution in [0, 0.1) is 0 Å². The molecule has 6 heteroatoms. The van der Waals surface area contributed by atoms with E-state index in [1.165, 1.54) is 18.1 Å². The molecule has 0 spiro atoms. The maximum Gasteiger partial charge on any atom is 0.295 e. The summed E-state index contributed by atoms with van der Waals surface area (Å²) in [6, 6.07) is 18.4. The molecule has 2 aromatic rings. The second-order valence-electron chi connectivity index (χ2n) is 8.65. The number of nitrogens with zero attached hydrogens (tertiary/aromatic N) is 1. The summed E-state index contributed by atoms with van der Waals surface area (Å²) in [5, 5.41) is 1.63. The number of unbranched alkanes of at least 4 members (excludes halogenated alkanes) is 3. The highest BCUT2D eigenvalue weighted by Gasteiger charge is 2.23. The Morgan fingerprint density at radius 2 is 1.68 bits per heavy atom. The van der Waals surface area contributed by atoms with Crippen molar-refractivity contribution in [2.75, 3.05) is 6.54 Å². The largest absolute Gasteiger partial charge is 0.456 e. The first-order chi connectivity index (χ1) is 16.4. The zero-order valence-corrected chi connectivity index (χ0v) is 20.6. The zero-order chi connectivity index (χ0) is 24.1. The molecule has 1 N–H and O–H groups in total. The van der Waals surface area contributed by atoms with Crippen molar-refractivity contribution in [3.05, 3.63) is 71.6 Å². The first-order valence-corrected chi connectivity index (χ1v) is 13.4. The van der Waals surface area contributed by atoms with Crippen LogP contribution in [0.15, 0.2) is 75.0 Å². The van der Waals surface area contributed by atoms with Crippen LogP contribution in [0.25, 0.3) is 33.4 Å². The summed E-state index contributed by atoms with van der Waals surface area (Å²) in [6.45, 7) is 5.06. The number of benzene rings is 3. The monoisotopic (exact) mass is 477 g/mol. The highest BCUT2D eigenvalue weighted by molar-refractivity contribution is 7.86. The molecule has 1 heterocycles. The molecule has 0 saturated carbocycles. The van der Waals surface area contributed by atoms with Gasteiger partial charge in [-0.3, -0.25) is 9.55 Å². The second kappa shape index (κ2) is 10.5. The van der Waals surface area contributed by atoms with E-state index in [1.807, 2.05) is 30.3 Å². The molecule has 4 rings (SSSR count). The Labute approximate surface area is 201 Å². The molecule has 0 bridgehead atoms. The number of aryl methyl sites for hydroxylation is 1. The summed E-state index contributed by atoms with van der Waals surface area (Å²) in [5.74, 6) is 0.635. The smallest absolute Gasteiger partial charge is 0.295 e. The van der Waals surface area contributed by atoms with Crippen LogP contribution in [0.5, 0.6) is 0 Å². The lowest BCUT2D eigenvalue weighted by Crippen LogP contribution is -2.05. The molecule has 2 aromatic carbocycles. The van der Waals surface area contributed by atoms with Crippen LogP contribution in [-0.4, -0.2) is 19.5 Å². The van der Waals surface area contributed by atoms with Crippen molar-refractivity contribution in [2.45, 2.75) is 57.3 Å². The molecule has 2 aliphatic rings. The molecule has 0 atom stereocenters. The van der Waals surface area contributed by atoms with Crippen LogP contribution in [-0.2, 0) is 16.5 Å². The summed E-state index contributed by atoms with van der Waals surface area (Å²) in [7, 11) is -4.41. The fraction of sp³-hybridized carbons (Fsp3) is 0.321. The highest BCUT2D eigenvalue weighted by atomic mass is 32.2. The average Bonchev–Trinajstić information content (AvgIpc) is 2.82. The van der Waals surface area contributed by atoms with E-state index in [0.717, 1.165) is 60.5 Å². The second-order valence-corrected chi connectivity index (χ2v) is 10.0. The Morgan fingerprint density at radius 1 is 0.882 bits per heavy atom. The standard InChI is InChI=1S/C28H31NO4S/c1-3-5-7-10-20-13-15-22-25(18-20)33-26-19-21(29-17-6-4-2)14-16-23(26)28(22)24-11-8-9-12-27(24)34(30,31)32/h8-9,11-16,18-19H,3-7,10,17H2,1-2H3,(H,30,31,32). The van der Waals surface area contributed by atoms with Crippen molar-refractivity contribution < 1.29 is 17.4 Å². The minimum absolute atomic E-state index is 0.118. The third kappa shape index (κ3) is 5.24. The molecule has 0 unspecified atom stereocenters. The first kappa shape index (κ1) is 24.2. The van der Waals surface area contributed by atoms with E-state index in [9.17, 15) is 13.0 Å².